The molecule has 0 atom stereocenters. The monoisotopic (exact) mass is 163 g/mol. The second kappa shape index (κ2) is 3.68. The lowest BCUT2D eigenvalue weighted by Gasteiger charge is -2.25. The predicted octanol–water partition coefficient (Wildman–Crippen LogP) is 2.15. The number of rotatable bonds is 3. The van der Waals surface area contributed by atoms with Crippen molar-refractivity contribution >= 4 is 0 Å². The highest BCUT2D eigenvalue weighted by Gasteiger charge is 2.17. The molecule has 64 valence electrons. The summed E-state index contributed by atoms with van der Waals surface area (Å²) in [5.74, 6) is 0. The maximum absolute atomic E-state index is 5.64. The number of hydrogen-bond acceptors (Lipinski definition) is 2. The first-order chi connectivity index (χ1) is 5.95. The van der Waals surface area contributed by atoms with Crippen molar-refractivity contribution in [2.75, 3.05) is 0 Å². The highest BCUT2D eigenvalue weighted by atomic mass is 16.5. The summed E-state index contributed by atoms with van der Waals surface area (Å²) in [6, 6.07) is 4.00. The van der Waals surface area contributed by atoms with Crippen LogP contribution in [0, 0.1) is 0 Å². The van der Waals surface area contributed by atoms with Crippen LogP contribution in [0.1, 0.15) is 24.8 Å². The number of nitrogens with zero attached hydrogens (tertiary/aromatic N) is 1. The fourth-order valence-corrected chi connectivity index (χ4v) is 1.23. The van der Waals surface area contributed by atoms with Gasteiger partial charge in [-0.1, -0.05) is 0 Å². The van der Waals surface area contributed by atoms with Crippen LogP contribution in [0.3, 0.4) is 0 Å². The standard InChI is InChI=1S/C10H13NO/c1-2-10(3-1)12-8-9-4-6-11-7-5-9/h4-7,10H,1-3,8H2. The topological polar surface area (TPSA) is 22.1 Å². The Morgan fingerprint density at radius 2 is 2.08 bits per heavy atom. The Morgan fingerprint density at radius 1 is 1.33 bits per heavy atom. The Bertz CT molecular complexity index is 231. The van der Waals surface area contributed by atoms with E-state index in [1.54, 1.807) is 12.4 Å². The van der Waals surface area contributed by atoms with E-state index < -0.39 is 0 Å². The van der Waals surface area contributed by atoms with Crippen molar-refractivity contribution < 1.29 is 4.74 Å². The maximum atomic E-state index is 5.64. The molecule has 0 aliphatic heterocycles. The van der Waals surface area contributed by atoms with Crippen LogP contribution >= 0.6 is 0 Å². The molecule has 1 aliphatic carbocycles. The highest BCUT2D eigenvalue weighted by Crippen LogP contribution is 2.22. The molecule has 0 N–H and O–H groups in total. The number of ether oxygens (including phenoxy) is 1. The highest BCUT2D eigenvalue weighted by molar-refractivity contribution is 5.07. The van der Waals surface area contributed by atoms with E-state index in [1.807, 2.05) is 12.1 Å². The number of hydrogen-bond donors (Lipinski definition) is 0. The zero-order valence-electron chi connectivity index (χ0n) is 7.07. The third-order valence-electron chi connectivity index (χ3n) is 2.29. The molecule has 1 heterocycles. The molecule has 0 bridgehead atoms. The van der Waals surface area contributed by atoms with Gasteiger partial charge < -0.3 is 4.74 Å². The van der Waals surface area contributed by atoms with Crippen molar-refractivity contribution in [2.24, 2.45) is 0 Å². The molecule has 1 saturated carbocycles. The number of pyridine rings is 1. The summed E-state index contributed by atoms with van der Waals surface area (Å²) in [7, 11) is 0. The fourth-order valence-electron chi connectivity index (χ4n) is 1.23. The van der Waals surface area contributed by atoms with Crippen LogP contribution in [0.15, 0.2) is 24.5 Å². The molecule has 0 unspecified atom stereocenters. The molecule has 1 aromatic rings. The zero-order chi connectivity index (χ0) is 8.23. The first-order valence-electron chi connectivity index (χ1n) is 4.45. The molecule has 2 rings (SSSR count). The predicted molar refractivity (Wildman–Crippen MR) is 46.7 cm³/mol. The van der Waals surface area contributed by atoms with Crippen LogP contribution in [0.4, 0.5) is 0 Å². The molecule has 0 saturated heterocycles. The lowest BCUT2D eigenvalue weighted by molar-refractivity contribution is -0.00868. The van der Waals surface area contributed by atoms with Crippen molar-refractivity contribution in [1.82, 2.24) is 4.98 Å². The van der Waals surface area contributed by atoms with Crippen molar-refractivity contribution in [3.05, 3.63) is 30.1 Å². The molecular weight excluding hydrogens is 150 g/mol. The van der Waals surface area contributed by atoms with Crippen LogP contribution in [-0.4, -0.2) is 11.1 Å². The molecule has 0 amide bonds. The van der Waals surface area contributed by atoms with Crippen molar-refractivity contribution in [3.63, 3.8) is 0 Å². The maximum Gasteiger partial charge on any atom is 0.0721 e. The van der Waals surface area contributed by atoms with Crippen LogP contribution in [0.2, 0.25) is 0 Å². The average Bonchev–Trinajstić information content (AvgIpc) is 2.04. The first-order valence-corrected chi connectivity index (χ1v) is 4.45. The van der Waals surface area contributed by atoms with E-state index in [0.29, 0.717) is 6.10 Å². The van der Waals surface area contributed by atoms with E-state index in [0.717, 1.165) is 6.61 Å². The molecule has 0 aromatic carbocycles. The van der Waals surface area contributed by atoms with E-state index in [-0.39, 0.29) is 0 Å². The van der Waals surface area contributed by atoms with E-state index >= 15 is 0 Å². The van der Waals surface area contributed by atoms with Gasteiger partial charge in [-0.25, -0.2) is 0 Å². The van der Waals surface area contributed by atoms with Gasteiger partial charge in [0, 0.05) is 12.4 Å². The van der Waals surface area contributed by atoms with Gasteiger partial charge in [0.2, 0.25) is 0 Å². The zero-order valence-corrected chi connectivity index (χ0v) is 7.07. The Labute approximate surface area is 72.6 Å². The fraction of sp³-hybridized carbons (Fsp3) is 0.500. The minimum Gasteiger partial charge on any atom is -0.374 e. The summed E-state index contributed by atoms with van der Waals surface area (Å²) in [5, 5.41) is 0. The minimum atomic E-state index is 0.526. The van der Waals surface area contributed by atoms with Crippen LogP contribution < -0.4 is 0 Å². The smallest absolute Gasteiger partial charge is 0.0721 e. The van der Waals surface area contributed by atoms with E-state index in [4.69, 9.17) is 4.74 Å². The van der Waals surface area contributed by atoms with Crippen molar-refractivity contribution in [3.8, 4) is 0 Å². The summed E-state index contributed by atoms with van der Waals surface area (Å²) >= 11 is 0. The average molecular weight is 163 g/mol. The van der Waals surface area contributed by atoms with Gasteiger partial charge in [-0.3, -0.25) is 4.98 Å². The SMILES string of the molecule is c1cc(COC2CCC2)ccn1. The molecule has 12 heavy (non-hydrogen) atoms. The molecule has 0 spiro atoms. The molecule has 1 aromatic heterocycles. The Morgan fingerprint density at radius 3 is 2.67 bits per heavy atom. The van der Waals surface area contributed by atoms with Gasteiger partial charge in [-0.2, -0.15) is 0 Å². The van der Waals surface area contributed by atoms with Gasteiger partial charge in [-0.15, -0.1) is 0 Å². The summed E-state index contributed by atoms with van der Waals surface area (Å²) < 4.78 is 5.64. The minimum absolute atomic E-state index is 0.526. The number of aromatic nitrogens is 1. The van der Waals surface area contributed by atoms with Gasteiger partial charge in [-0.05, 0) is 37.0 Å². The lowest BCUT2D eigenvalue weighted by atomic mass is 9.96. The molecule has 0 radical (unpaired) electrons. The normalized spacial score (nSPS) is 17.3. The van der Waals surface area contributed by atoms with Gasteiger partial charge in [0.1, 0.15) is 0 Å². The Hall–Kier alpha value is -0.890. The molecule has 2 heteroatoms. The summed E-state index contributed by atoms with van der Waals surface area (Å²) in [6.45, 7) is 0.743. The molecular formula is C10H13NO. The first kappa shape index (κ1) is 7.74. The largest absolute Gasteiger partial charge is 0.374 e. The Kier molecular flexibility index (Phi) is 2.37. The molecule has 1 aliphatic rings. The second-order valence-electron chi connectivity index (χ2n) is 3.22. The van der Waals surface area contributed by atoms with Crippen LogP contribution in [0.5, 0.6) is 0 Å². The van der Waals surface area contributed by atoms with E-state index in [2.05, 4.69) is 4.98 Å². The van der Waals surface area contributed by atoms with Gasteiger partial charge >= 0.3 is 0 Å². The Balaban J connectivity index is 1.79. The second-order valence-corrected chi connectivity index (χ2v) is 3.22. The summed E-state index contributed by atoms with van der Waals surface area (Å²) in [6.07, 6.45) is 7.95. The van der Waals surface area contributed by atoms with Crippen LogP contribution in [-0.2, 0) is 11.3 Å². The molecule has 1 fully saturated rings. The van der Waals surface area contributed by atoms with Crippen molar-refractivity contribution in [2.45, 2.75) is 32.0 Å². The van der Waals surface area contributed by atoms with E-state index in [9.17, 15) is 0 Å². The quantitative estimate of drug-likeness (QED) is 0.681. The lowest BCUT2D eigenvalue weighted by Crippen LogP contribution is -2.21. The van der Waals surface area contributed by atoms with Gasteiger partial charge in [0.05, 0.1) is 12.7 Å². The molecule has 2 nitrogen and oxygen atoms in total. The van der Waals surface area contributed by atoms with Crippen molar-refractivity contribution in [1.29, 1.82) is 0 Å². The van der Waals surface area contributed by atoms with Gasteiger partial charge in [0.25, 0.3) is 0 Å². The summed E-state index contributed by atoms with van der Waals surface area (Å²) in [5.41, 5.74) is 1.22. The van der Waals surface area contributed by atoms with Gasteiger partial charge in [0.15, 0.2) is 0 Å². The van der Waals surface area contributed by atoms with E-state index in [1.165, 1.54) is 24.8 Å². The van der Waals surface area contributed by atoms with Crippen LogP contribution in [0.25, 0.3) is 0 Å². The third-order valence-corrected chi connectivity index (χ3v) is 2.29. The summed E-state index contributed by atoms with van der Waals surface area (Å²) in [4.78, 5) is 3.95. The third kappa shape index (κ3) is 1.83.